The van der Waals surface area contributed by atoms with Crippen LogP contribution in [0.4, 0.5) is 0 Å². The van der Waals surface area contributed by atoms with E-state index in [0.717, 1.165) is 11.8 Å². The number of hydrazone groups is 1. The van der Waals surface area contributed by atoms with E-state index >= 15 is 0 Å². The summed E-state index contributed by atoms with van der Waals surface area (Å²) in [5.41, 5.74) is 3.49. The second-order valence-electron chi connectivity index (χ2n) is 5.68. The van der Waals surface area contributed by atoms with Gasteiger partial charge in [0.1, 0.15) is 5.75 Å². The monoisotopic (exact) mass is 289 g/mol. The van der Waals surface area contributed by atoms with Gasteiger partial charge in [-0.05, 0) is 55.4 Å². The van der Waals surface area contributed by atoms with Crippen LogP contribution in [0.5, 0.6) is 5.75 Å². The van der Waals surface area contributed by atoms with Crippen molar-refractivity contribution in [3.05, 3.63) is 29.8 Å². The van der Waals surface area contributed by atoms with Crippen LogP contribution in [-0.4, -0.2) is 22.5 Å². The number of phenols is 1. The summed E-state index contributed by atoms with van der Waals surface area (Å²) in [6, 6.07) is 7.57. The van der Waals surface area contributed by atoms with Crippen molar-refractivity contribution in [1.29, 1.82) is 0 Å². The van der Waals surface area contributed by atoms with Gasteiger partial charge in [-0.15, -0.1) is 0 Å². The maximum atomic E-state index is 9.61. The van der Waals surface area contributed by atoms with E-state index in [1.807, 2.05) is 6.07 Å². The average molecular weight is 289 g/mol. The molecule has 1 aromatic rings. The second kappa shape index (κ2) is 5.79. The molecule has 2 fully saturated rings. The van der Waals surface area contributed by atoms with E-state index in [2.05, 4.69) is 15.8 Å². The Labute approximate surface area is 124 Å². The fourth-order valence-electron chi connectivity index (χ4n) is 3.38. The van der Waals surface area contributed by atoms with Crippen molar-refractivity contribution < 1.29 is 5.11 Å². The van der Waals surface area contributed by atoms with Gasteiger partial charge in [0.2, 0.25) is 0 Å². The third-order valence-electron chi connectivity index (χ3n) is 4.36. The molecule has 0 spiro atoms. The first-order valence-corrected chi connectivity index (χ1v) is 7.51. The van der Waals surface area contributed by atoms with Gasteiger partial charge >= 0.3 is 0 Å². The normalized spacial score (nSPS) is 27.9. The highest BCUT2D eigenvalue weighted by Crippen LogP contribution is 2.44. The number of fused-ring (bicyclic) bond motifs is 2. The van der Waals surface area contributed by atoms with Crippen LogP contribution in [0.3, 0.4) is 0 Å². The number of hydrogen-bond donors (Lipinski definition) is 3. The maximum absolute atomic E-state index is 9.61. The average Bonchev–Trinajstić information content (AvgIpc) is 3.03. The van der Waals surface area contributed by atoms with Crippen molar-refractivity contribution in [3.8, 4) is 5.75 Å². The summed E-state index contributed by atoms with van der Waals surface area (Å²) < 4.78 is 0. The van der Waals surface area contributed by atoms with Crippen LogP contribution in [0.1, 0.15) is 31.2 Å². The molecule has 2 aliphatic rings. The van der Waals surface area contributed by atoms with Crippen LogP contribution < -0.4 is 10.7 Å². The maximum Gasteiger partial charge on any atom is 0.187 e. The Bertz CT molecular complexity index is 532. The zero-order valence-electron chi connectivity index (χ0n) is 11.2. The zero-order valence-corrected chi connectivity index (χ0v) is 12.1. The number of aromatic hydroxyl groups is 1. The Morgan fingerprint density at radius 1 is 1.30 bits per heavy atom. The SMILES string of the molecule is Oc1ccccc1/C=N/NC(=S)N[C@@H]1C[C@H]2CC[C@@H]1C2. The van der Waals surface area contributed by atoms with Gasteiger partial charge in [0.15, 0.2) is 5.11 Å². The van der Waals surface area contributed by atoms with Gasteiger partial charge in [-0.25, -0.2) is 0 Å². The molecule has 0 heterocycles. The van der Waals surface area contributed by atoms with E-state index in [-0.39, 0.29) is 5.75 Å². The molecule has 5 heteroatoms. The molecule has 1 aromatic carbocycles. The highest BCUT2D eigenvalue weighted by atomic mass is 32.1. The summed E-state index contributed by atoms with van der Waals surface area (Å²) in [6.45, 7) is 0. The largest absolute Gasteiger partial charge is 0.507 e. The predicted molar refractivity (Wildman–Crippen MR) is 83.8 cm³/mol. The summed E-state index contributed by atoms with van der Waals surface area (Å²) in [5, 5.41) is 17.6. The molecule has 3 rings (SSSR count). The van der Waals surface area contributed by atoms with Crippen molar-refractivity contribution in [2.24, 2.45) is 16.9 Å². The number of para-hydroxylation sites is 1. The topological polar surface area (TPSA) is 56.7 Å². The first-order chi connectivity index (χ1) is 9.72. The number of nitrogens with one attached hydrogen (secondary N) is 2. The Balaban J connectivity index is 1.49. The molecule has 0 aromatic heterocycles. The first kappa shape index (κ1) is 13.4. The molecule has 20 heavy (non-hydrogen) atoms. The third kappa shape index (κ3) is 2.93. The van der Waals surface area contributed by atoms with E-state index < -0.39 is 0 Å². The van der Waals surface area contributed by atoms with Crippen LogP contribution in [0.15, 0.2) is 29.4 Å². The number of benzene rings is 1. The summed E-state index contributed by atoms with van der Waals surface area (Å²) in [6.07, 6.45) is 6.86. The summed E-state index contributed by atoms with van der Waals surface area (Å²) >= 11 is 5.26. The van der Waals surface area contributed by atoms with Gasteiger partial charge in [0.25, 0.3) is 0 Å². The van der Waals surface area contributed by atoms with Crippen molar-refractivity contribution >= 4 is 23.5 Å². The van der Waals surface area contributed by atoms with E-state index in [4.69, 9.17) is 12.2 Å². The lowest BCUT2D eigenvalue weighted by Gasteiger charge is -2.23. The Hall–Kier alpha value is -1.62. The van der Waals surface area contributed by atoms with E-state index in [1.165, 1.54) is 25.7 Å². The Morgan fingerprint density at radius 3 is 2.85 bits per heavy atom. The fraction of sp³-hybridized carbons (Fsp3) is 0.467. The van der Waals surface area contributed by atoms with Crippen molar-refractivity contribution in [1.82, 2.24) is 10.7 Å². The molecule has 106 valence electrons. The van der Waals surface area contributed by atoms with Crippen molar-refractivity contribution in [2.45, 2.75) is 31.7 Å². The lowest BCUT2D eigenvalue weighted by Crippen LogP contribution is -2.42. The van der Waals surface area contributed by atoms with Crippen LogP contribution in [0.2, 0.25) is 0 Å². The van der Waals surface area contributed by atoms with Crippen molar-refractivity contribution in [3.63, 3.8) is 0 Å². The zero-order chi connectivity index (χ0) is 13.9. The smallest absolute Gasteiger partial charge is 0.187 e. The van der Waals surface area contributed by atoms with Gasteiger partial charge in [-0.2, -0.15) is 5.10 Å². The number of thiocarbonyl (C=S) groups is 1. The van der Waals surface area contributed by atoms with Crippen molar-refractivity contribution in [2.75, 3.05) is 0 Å². The summed E-state index contributed by atoms with van der Waals surface area (Å²) in [5.74, 6) is 1.89. The fourth-order valence-corrected chi connectivity index (χ4v) is 3.58. The number of nitrogens with zero attached hydrogens (tertiary/aromatic N) is 1. The molecule has 2 aliphatic carbocycles. The van der Waals surface area contributed by atoms with E-state index in [1.54, 1.807) is 24.4 Å². The van der Waals surface area contributed by atoms with Crippen LogP contribution >= 0.6 is 12.2 Å². The summed E-state index contributed by atoms with van der Waals surface area (Å²) in [4.78, 5) is 0. The highest BCUT2D eigenvalue weighted by Gasteiger charge is 2.39. The molecule has 2 saturated carbocycles. The second-order valence-corrected chi connectivity index (χ2v) is 6.09. The quantitative estimate of drug-likeness (QED) is 0.454. The molecule has 0 radical (unpaired) electrons. The summed E-state index contributed by atoms with van der Waals surface area (Å²) in [7, 11) is 0. The minimum atomic E-state index is 0.213. The lowest BCUT2D eigenvalue weighted by molar-refractivity contribution is 0.389. The van der Waals surface area contributed by atoms with Gasteiger partial charge in [0.05, 0.1) is 6.21 Å². The van der Waals surface area contributed by atoms with Gasteiger partial charge < -0.3 is 10.4 Å². The molecule has 0 unspecified atom stereocenters. The molecule has 0 aliphatic heterocycles. The Kier molecular flexibility index (Phi) is 3.87. The number of hydrogen-bond acceptors (Lipinski definition) is 3. The van der Waals surface area contributed by atoms with Gasteiger partial charge in [-0.1, -0.05) is 18.6 Å². The molecule has 0 saturated heterocycles. The molecule has 0 amide bonds. The first-order valence-electron chi connectivity index (χ1n) is 7.10. The van der Waals surface area contributed by atoms with Gasteiger partial charge in [0, 0.05) is 11.6 Å². The molecular formula is C15H19N3OS. The molecule has 3 N–H and O–H groups in total. The molecular weight excluding hydrogens is 270 g/mol. The predicted octanol–water partition coefficient (Wildman–Crippen LogP) is 2.38. The third-order valence-corrected chi connectivity index (χ3v) is 4.57. The van der Waals surface area contributed by atoms with E-state index in [9.17, 15) is 5.11 Å². The number of rotatable bonds is 3. The highest BCUT2D eigenvalue weighted by molar-refractivity contribution is 7.80. The van der Waals surface area contributed by atoms with Crippen LogP contribution in [0.25, 0.3) is 0 Å². The molecule has 4 nitrogen and oxygen atoms in total. The molecule has 3 atom stereocenters. The minimum absolute atomic E-state index is 0.213. The van der Waals surface area contributed by atoms with Gasteiger partial charge in [-0.3, -0.25) is 5.43 Å². The molecule has 2 bridgehead atoms. The minimum Gasteiger partial charge on any atom is -0.507 e. The number of phenolic OH excluding ortho intramolecular Hbond substituents is 1. The lowest BCUT2D eigenvalue weighted by atomic mass is 9.96. The van der Waals surface area contributed by atoms with Crippen LogP contribution in [0, 0.1) is 11.8 Å². The standard InChI is InChI=1S/C15H19N3OS/c19-14-4-2-1-3-12(14)9-16-18-15(20)17-13-8-10-5-6-11(13)7-10/h1-4,9-11,13,19H,5-8H2,(H2,17,18,20)/b16-9+/t10-,11+,13+/m0/s1. The van der Waals surface area contributed by atoms with Crippen LogP contribution in [-0.2, 0) is 0 Å². The Morgan fingerprint density at radius 2 is 2.15 bits per heavy atom. The van der Waals surface area contributed by atoms with E-state index in [0.29, 0.717) is 16.7 Å².